The first-order chi connectivity index (χ1) is 12.1. The number of hydrogen-bond acceptors (Lipinski definition) is 2. The van der Waals surface area contributed by atoms with E-state index in [0.717, 1.165) is 29.3 Å². The minimum absolute atomic E-state index is 0.378. The lowest BCUT2D eigenvalue weighted by Gasteiger charge is -2.11. The maximum atomic E-state index is 5.97. The molecule has 0 saturated carbocycles. The third-order valence-electron chi connectivity index (χ3n) is 4.51. The number of aromatic nitrogens is 1. The zero-order chi connectivity index (χ0) is 17.8. The van der Waals surface area contributed by atoms with Gasteiger partial charge in [0, 0.05) is 29.5 Å². The van der Waals surface area contributed by atoms with Gasteiger partial charge in [0.15, 0.2) is 0 Å². The molecule has 0 spiro atoms. The monoisotopic (exact) mass is 353 g/mol. The van der Waals surface area contributed by atoms with Crippen LogP contribution in [0.15, 0.2) is 76.1 Å². The summed E-state index contributed by atoms with van der Waals surface area (Å²) in [6.45, 7) is 2.72. The minimum atomic E-state index is 0.378. The van der Waals surface area contributed by atoms with Crippen molar-refractivity contribution >= 4 is 22.9 Å². The normalized spacial score (nSPS) is 22.2. The summed E-state index contributed by atoms with van der Waals surface area (Å²) in [4.78, 5) is 4.87. The second kappa shape index (κ2) is 7.85. The highest BCUT2D eigenvalue weighted by Gasteiger charge is 2.17. The van der Waals surface area contributed by atoms with Crippen LogP contribution >= 0.6 is 11.6 Å². The molecule has 1 aliphatic carbocycles. The molecule has 1 unspecified atom stereocenters. The van der Waals surface area contributed by atoms with Gasteiger partial charge in [-0.3, -0.25) is 0 Å². The number of aryl methyl sites for hydroxylation is 1. The Bertz CT molecular complexity index is 831. The zero-order valence-corrected chi connectivity index (χ0v) is 15.5. The number of nitrogens with two attached hydrogens (primary N) is 1. The fraction of sp³-hybridized carbons (Fsp3) is 0.286. The van der Waals surface area contributed by atoms with E-state index in [9.17, 15) is 0 Å². The third-order valence-corrected chi connectivity index (χ3v) is 4.79. The average Bonchev–Trinajstić information content (AvgIpc) is 3.18. The van der Waals surface area contributed by atoms with E-state index in [-0.39, 0.29) is 0 Å². The number of halogens is 1. The van der Waals surface area contributed by atoms with Crippen LogP contribution in [0.1, 0.15) is 25.5 Å². The predicted octanol–water partition coefficient (Wildman–Crippen LogP) is 4.74. The fourth-order valence-electron chi connectivity index (χ4n) is 3.19. The lowest BCUT2D eigenvalue weighted by atomic mass is 10.00. The Balaban J connectivity index is 1.87. The Morgan fingerprint density at radius 3 is 2.96 bits per heavy atom. The van der Waals surface area contributed by atoms with Crippen LogP contribution in [0.3, 0.4) is 0 Å². The lowest BCUT2D eigenvalue weighted by molar-refractivity contribution is 0.821. The minimum Gasteiger partial charge on any atom is -0.351 e. The van der Waals surface area contributed by atoms with Gasteiger partial charge in [-0.2, -0.15) is 0 Å². The first kappa shape index (κ1) is 17.7. The molecule has 1 atom stereocenters. The van der Waals surface area contributed by atoms with Crippen molar-refractivity contribution in [2.24, 2.45) is 23.7 Å². The van der Waals surface area contributed by atoms with Gasteiger partial charge in [0.05, 0.1) is 11.4 Å². The first-order valence-electron chi connectivity index (χ1n) is 8.63. The first-order valence-corrected chi connectivity index (χ1v) is 9.00. The molecule has 0 amide bonds. The van der Waals surface area contributed by atoms with Crippen LogP contribution in [0.4, 0.5) is 0 Å². The van der Waals surface area contributed by atoms with Crippen LogP contribution in [0, 0.1) is 5.92 Å². The number of hydrogen-bond donors (Lipinski definition) is 1. The highest BCUT2D eigenvalue weighted by atomic mass is 35.5. The molecule has 0 aromatic carbocycles. The van der Waals surface area contributed by atoms with Crippen molar-refractivity contribution in [3.63, 3.8) is 0 Å². The molecule has 1 aromatic heterocycles. The summed E-state index contributed by atoms with van der Waals surface area (Å²) in [7, 11) is 2.05. The van der Waals surface area contributed by atoms with Crippen LogP contribution in [0.2, 0.25) is 0 Å². The zero-order valence-electron chi connectivity index (χ0n) is 14.7. The summed E-state index contributed by atoms with van der Waals surface area (Å²) in [5, 5.41) is 0.817. The molecule has 1 aromatic rings. The van der Waals surface area contributed by atoms with Gasteiger partial charge in [0.2, 0.25) is 0 Å². The molecule has 0 radical (unpaired) electrons. The maximum absolute atomic E-state index is 5.97. The number of allylic oxidation sites excluding steroid dienone is 8. The second-order valence-corrected chi connectivity index (χ2v) is 6.88. The molecule has 130 valence electrons. The number of nitrogens with zero attached hydrogens (tertiary/aromatic N) is 2. The van der Waals surface area contributed by atoms with E-state index in [1.165, 1.54) is 16.8 Å². The molecule has 0 saturated heterocycles. The van der Waals surface area contributed by atoms with E-state index in [2.05, 4.69) is 61.2 Å². The van der Waals surface area contributed by atoms with E-state index in [0.29, 0.717) is 12.5 Å². The molecule has 2 aliphatic rings. The van der Waals surface area contributed by atoms with Crippen LogP contribution in [0.5, 0.6) is 0 Å². The van der Waals surface area contributed by atoms with Crippen LogP contribution in [-0.2, 0) is 7.05 Å². The molecule has 2 heterocycles. The van der Waals surface area contributed by atoms with Crippen molar-refractivity contribution in [3.05, 3.63) is 76.8 Å². The molecule has 3 rings (SSSR count). The Labute approximate surface area is 154 Å². The summed E-state index contributed by atoms with van der Waals surface area (Å²) in [6, 6.07) is 4.18. The highest BCUT2D eigenvalue weighted by Crippen LogP contribution is 2.31. The summed E-state index contributed by atoms with van der Waals surface area (Å²) < 4.78 is 2.12. The Kier molecular flexibility index (Phi) is 5.57. The van der Waals surface area contributed by atoms with Gasteiger partial charge in [-0.1, -0.05) is 29.8 Å². The predicted molar refractivity (Wildman–Crippen MR) is 108 cm³/mol. The van der Waals surface area contributed by atoms with Gasteiger partial charge < -0.3 is 10.3 Å². The molecular weight excluding hydrogens is 330 g/mol. The van der Waals surface area contributed by atoms with Crippen molar-refractivity contribution in [2.45, 2.75) is 19.8 Å². The van der Waals surface area contributed by atoms with Gasteiger partial charge in [-0.05, 0) is 68.2 Å². The van der Waals surface area contributed by atoms with E-state index in [4.69, 9.17) is 22.3 Å². The third kappa shape index (κ3) is 4.12. The second-order valence-electron chi connectivity index (χ2n) is 6.44. The summed E-state index contributed by atoms with van der Waals surface area (Å²) >= 11 is 5.97. The average molecular weight is 354 g/mol. The Morgan fingerprint density at radius 1 is 1.48 bits per heavy atom. The quantitative estimate of drug-likeness (QED) is 0.816. The van der Waals surface area contributed by atoms with Gasteiger partial charge in [-0.15, -0.1) is 0 Å². The molecule has 4 heteroatoms. The summed E-state index contributed by atoms with van der Waals surface area (Å²) in [6.07, 6.45) is 16.4. The van der Waals surface area contributed by atoms with E-state index >= 15 is 0 Å². The van der Waals surface area contributed by atoms with Crippen molar-refractivity contribution in [1.82, 2.24) is 4.57 Å². The SMILES string of the molecule is CC1=CC(/C=C/C2C=CC(Cl)=CC2)=NC/1=C(/CCN)c1cccn1C. The van der Waals surface area contributed by atoms with Crippen molar-refractivity contribution in [2.75, 3.05) is 6.54 Å². The molecule has 3 nitrogen and oxygen atoms in total. The number of rotatable bonds is 5. The van der Waals surface area contributed by atoms with Gasteiger partial charge in [-0.25, -0.2) is 4.99 Å². The lowest BCUT2D eigenvalue weighted by Crippen LogP contribution is -2.05. The molecule has 0 bridgehead atoms. The largest absolute Gasteiger partial charge is 0.351 e. The highest BCUT2D eigenvalue weighted by molar-refractivity contribution is 6.31. The van der Waals surface area contributed by atoms with E-state index < -0.39 is 0 Å². The van der Waals surface area contributed by atoms with Crippen LogP contribution in [0.25, 0.3) is 5.57 Å². The van der Waals surface area contributed by atoms with Crippen LogP contribution in [-0.4, -0.2) is 16.8 Å². The van der Waals surface area contributed by atoms with Gasteiger partial charge in [0.1, 0.15) is 0 Å². The van der Waals surface area contributed by atoms with E-state index in [1.807, 2.05) is 12.2 Å². The van der Waals surface area contributed by atoms with Gasteiger partial charge >= 0.3 is 0 Å². The van der Waals surface area contributed by atoms with Crippen molar-refractivity contribution < 1.29 is 0 Å². The Morgan fingerprint density at radius 2 is 2.32 bits per heavy atom. The van der Waals surface area contributed by atoms with Gasteiger partial charge in [0.25, 0.3) is 0 Å². The molecule has 25 heavy (non-hydrogen) atoms. The molecule has 0 fully saturated rings. The topological polar surface area (TPSA) is 43.3 Å². The Hall–Kier alpha value is -2.10. The molecule has 2 N–H and O–H groups in total. The number of aliphatic imine (C=N–C) groups is 1. The standard InChI is InChI=1S/C21H24ClN3/c1-15-14-18(10-7-16-5-8-17(22)9-6-16)24-21(15)19(11-12-23)20-4-3-13-25(20)2/h3-5,7-10,13-14,16H,6,11-12,23H2,1-2H3/b10-7+,21-19-. The van der Waals surface area contributed by atoms with E-state index in [1.54, 1.807) is 0 Å². The smallest absolute Gasteiger partial charge is 0.0720 e. The molecule has 1 aliphatic heterocycles. The van der Waals surface area contributed by atoms with Crippen molar-refractivity contribution in [1.29, 1.82) is 0 Å². The molecular formula is C21H24ClN3. The van der Waals surface area contributed by atoms with Crippen molar-refractivity contribution in [3.8, 4) is 0 Å². The fourth-order valence-corrected chi connectivity index (χ4v) is 3.35. The maximum Gasteiger partial charge on any atom is 0.0720 e. The van der Waals surface area contributed by atoms with Crippen LogP contribution < -0.4 is 5.73 Å². The summed E-state index contributed by atoms with van der Waals surface area (Å²) in [5.41, 5.74) is 11.5. The summed E-state index contributed by atoms with van der Waals surface area (Å²) in [5.74, 6) is 0.378.